The van der Waals surface area contributed by atoms with Crippen LogP contribution in [0.4, 0.5) is 0 Å². The number of aliphatic hydroxyl groups excluding tert-OH is 1. The van der Waals surface area contributed by atoms with Crippen LogP contribution in [0.3, 0.4) is 0 Å². The van der Waals surface area contributed by atoms with Crippen LogP contribution in [-0.2, 0) is 0 Å². The second-order valence-electron chi connectivity index (χ2n) is 4.84. The summed E-state index contributed by atoms with van der Waals surface area (Å²) in [6.07, 6.45) is 4.09. The molecule has 13 heavy (non-hydrogen) atoms. The highest BCUT2D eigenvalue weighted by atomic mass is 16.3. The van der Waals surface area contributed by atoms with Crippen molar-refractivity contribution in [2.45, 2.75) is 37.5 Å². The van der Waals surface area contributed by atoms with Crippen molar-refractivity contribution in [3.63, 3.8) is 0 Å². The van der Waals surface area contributed by atoms with Crippen LogP contribution in [0, 0.1) is 11.8 Å². The van der Waals surface area contributed by atoms with Crippen molar-refractivity contribution in [3.8, 4) is 0 Å². The van der Waals surface area contributed by atoms with Crippen LogP contribution in [0.1, 0.15) is 19.3 Å². The van der Waals surface area contributed by atoms with Gasteiger partial charge in [0.15, 0.2) is 0 Å². The summed E-state index contributed by atoms with van der Waals surface area (Å²) in [7, 11) is 0. The molecule has 3 fully saturated rings. The Bertz CT molecular complexity index is 205. The molecule has 1 saturated heterocycles. The molecule has 0 aromatic carbocycles. The Morgan fingerprint density at radius 2 is 2.00 bits per heavy atom. The lowest BCUT2D eigenvalue weighted by molar-refractivity contribution is 0.161. The van der Waals surface area contributed by atoms with E-state index in [1.807, 2.05) is 0 Å². The van der Waals surface area contributed by atoms with Gasteiger partial charge in [-0.2, -0.15) is 0 Å². The summed E-state index contributed by atoms with van der Waals surface area (Å²) < 4.78 is 0. The maximum Gasteiger partial charge on any atom is 0.0829 e. The summed E-state index contributed by atoms with van der Waals surface area (Å²) in [4.78, 5) is 0. The molecule has 2 aliphatic carbocycles. The molecule has 3 nitrogen and oxygen atoms in total. The number of nitrogens with one attached hydrogen (secondary N) is 2. The van der Waals surface area contributed by atoms with Gasteiger partial charge in [-0.25, -0.2) is 0 Å². The second-order valence-corrected chi connectivity index (χ2v) is 4.84. The Morgan fingerprint density at radius 3 is 2.62 bits per heavy atom. The Labute approximate surface area is 78.9 Å². The van der Waals surface area contributed by atoms with Crippen LogP contribution in [0.25, 0.3) is 0 Å². The average Bonchev–Trinajstić information content (AvgIpc) is 2.96. The van der Waals surface area contributed by atoms with E-state index in [2.05, 4.69) is 10.6 Å². The Kier molecular flexibility index (Phi) is 1.86. The van der Waals surface area contributed by atoms with E-state index in [-0.39, 0.29) is 6.10 Å². The third-order valence-corrected chi connectivity index (χ3v) is 3.68. The van der Waals surface area contributed by atoms with E-state index in [1.165, 1.54) is 19.3 Å². The molecule has 2 unspecified atom stereocenters. The highest BCUT2D eigenvalue weighted by Gasteiger charge is 2.48. The molecule has 3 N–H and O–H groups in total. The molecular weight excluding hydrogens is 164 g/mol. The molecule has 0 aromatic rings. The molecule has 4 atom stereocenters. The normalized spacial score (nSPS) is 49.6. The maximum absolute atomic E-state index is 9.58. The first-order valence-corrected chi connectivity index (χ1v) is 5.49. The summed E-state index contributed by atoms with van der Waals surface area (Å²) in [6, 6.07) is 1.04. The van der Waals surface area contributed by atoms with Gasteiger partial charge in [0.1, 0.15) is 0 Å². The number of β-amino-alcohol motifs (C(OH)–C–C–N with tert-alkyl or cyclic N) is 1. The average molecular weight is 182 g/mol. The lowest BCUT2D eigenvalue weighted by atomic mass is 10.2. The van der Waals surface area contributed by atoms with Crippen molar-refractivity contribution < 1.29 is 5.11 Å². The van der Waals surface area contributed by atoms with Gasteiger partial charge in [-0.05, 0) is 31.1 Å². The lowest BCUT2D eigenvalue weighted by Gasteiger charge is -2.15. The topological polar surface area (TPSA) is 44.3 Å². The third kappa shape index (κ3) is 1.60. The lowest BCUT2D eigenvalue weighted by Crippen LogP contribution is -2.41. The molecule has 0 radical (unpaired) electrons. The van der Waals surface area contributed by atoms with Crippen LogP contribution in [-0.4, -0.2) is 36.4 Å². The van der Waals surface area contributed by atoms with Crippen molar-refractivity contribution in [2.75, 3.05) is 13.1 Å². The summed E-state index contributed by atoms with van der Waals surface area (Å²) >= 11 is 0. The molecule has 74 valence electrons. The highest BCUT2D eigenvalue weighted by molar-refractivity contribution is 5.04. The van der Waals surface area contributed by atoms with Crippen LogP contribution >= 0.6 is 0 Å². The Hall–Kier alpha value is -0.120. The van der Waals surface area contributed by atoms with Crippen LogP contribution in [0.15, 0.2) is 0 Å². The summed E-state index contributed by atoms with van der Waals surface area (Å²) in [5, 5.41) is 16.3. The zero-order chi connectivity index (χ0) is 8.84. The summed E-state index contributed by atoms with van der Waals surface area (Å²) in [5.41, 5.74) is 0. The first-order valence-electron chi connectivity index (χ1n) is 5.49. The molecule has 2 saturated carbocycles. The minimum atomic E-state index is -0.166. The predicted octanol–water partition coefficient (Wildman–Crippen LogP) is -0.293. The molecule has 3 heteroatoms. The fourth-order valence-electron chi connectivity index (χ4n) is 2.56. The van der Waals surface area contributed by atoms with Crippen LogP contribution in [0.5, 0.6) is 0 Å². The van der Waals surface area contributed by atoms with Gasteiger partial charge >= 0.3 is 0 Å². The van der Waals surface area contributed by atoms with Gasteiger partial charge in [0, 0.05) is 25.2 Å². The van der Waals surface area contributed by atoms with E-state index in [0.717, 1.165) is 31.0 Å². The van der Waals surface area contributed by atoms with Crippen LogP contribution < -0.4 is 10.6 Å². The van der Waals surface area contributed by atoms with Gasteiger partial charge in [-0.3, -0.25) is 0 Å². The first-order chi connectivity index (χ1) is 6.34. The number of rotatable bonds is 3. The molecule has 3 aliphatic rings. The molecule has 1 heterocycles. The zero-order valence-electron chi connectivity index (χ0n) is 7.87. The van der Waals surface area contributed by atoms with E-state index in [9.17, 15) is 5.11 Å². The monoisotopic (exact) mass is 182 g/mol. The quantitative estimate of drug-likeness (QED) is 0.562. The zero-order valence-corrected chi connectivity index (χ0v) is 7.87. The molecule has 0 bridgehead atoms. The van der Waals surface area contributed by atoms with Gasteiger partial charge in [-0.15, -0.1) is 0 Å². The minimum Gasteiger partial charge on any atom is -0.390 e. The van der Waals surface area contributed by atoms with Gasteiger partial charge in [0.25, 0.3) is 0 Å². The summed E-state index contributed by atoms with van der Waals surface area (Å²) in [6.45, 7) is 1.70. The molecule has 0 aromatic heterocycles. The van der Waals surface area contributed by atoms with Crippen molar-refractivity contribution in [1.29, 1.82) is 0 Å². The van der Waals surface area contributed by atoms with E-state index >= 15 is 0 Å². The van der Waals surface area contributed by atoms with Gasteiger partial charge in [0.2, 0.25) is 0 Å². The fraction of sp³-hybridized carbons (Fsp3) is 1.00. The van der Waals surface area contributed by atoms with Gasteiger partial charge < -0.3 is 15.7 Å². The van der Waals surface area contributed by atoms with Gasteiger partial charge in [-0.1, -0.05) is 0 Å². The largest absolute Gasteiger partial charge is 0.390 e. The minimum absolute atomic E-state index is 0.166. The molecule has 0 amide bonds. The van der Waals surface area contributed by atoms with Gasteiger partial charge in [0.05, 0.1) is 6.10 Å². The Balaban J connectivity index is 1.47. The maximum atomic E-state index is 9.58. The predicted molar refractivity (Wildman–Crippen MR) is 50.4 cm³/mol. The SMILES string of the molecule is O[C@@H]1CNC[C@H]1NC1CC1C1CC1. The molecule has 3 rings (SSSR count). The number of hydrogen-bond donors (Lipinski definition) is 3. The third-order valence-electron chi connectivity index (χ3n) is 3.68. The standard InChI is InChI=1S/C10H18N2O/c13-10-5-11-4-9(10)12-8-3-7(8)6-1-2-6/h6-13H,1-5H2/t7?,8?,9-,10-/m1/s1. The molecule has 0 spiro atoms. The van der Waals surface area contributed by atoms with Crippen molar-refractivity contribution >= 4 is 0 Å². The second kappa shape index (κ2) is 2.94. The number of hydrogen-bond acceptors (Lipinski definition) is 3. The van der Waals surface area contributed by atoms with E-state index < -0.39 is 0 Å². The highest BCUT2D eigenvalue weighted by Crippen LogP contribution is 2.50. The van der Waals surface area contributed by atoms with Crippen LogP contribution in [0.2, 0.25) is 0 Å². The van der Waals surface area contributed by atoms with E-state index in [4.69, 9.17) is 0 Å². The van der Waals surface area contributed by atoms with Crippen molar-refractivity contribution in [1.82, 2.24) is 10.6 Å². The van der Waals surface area contributed by atoms with Crippen molar-refractivity contribution in [3.05, 3.63) is 0 Å². The Morgan fingerprint density at radius 1 is 1.15 bits per heavy atom. The molecular formula is C10H18N2O. The van der Waals surface area contributed by atoms with E-state index in [1.54, 1.807) is 0 Å². The first kappa shape index (κ1) is 8.21. The summed E-state index contributed by atoms with van der Waals surface area (Å²) in [5.74, 6) is 1.98. The number of aliphatic hydroxyl groups is 1. The smallest absolute Gasteiger partial charge is 0.0829 e. The van der Waals surface area contributed by atoms with E-state index in [0.29, 0.717) is 6.04 Å². The fourth-order valence-corrected chi connectivity index (χ4v) is 2.56. The van der Waals surface area contributed by atoms with Crippen molar-refractivity contribution in [2.24, 2.45) is 11.8 Å². The molecule has 1 aliphatic heterocycles.